The van der Waals surface area contributed by atoms with Gasteiger partial charge in [-0.25, -0.2) is 0 Å². The number of nitrogens with zero attached hydrogens (tertiary/aromatic N) is 3. The molecule has 2 heterocycles. The molecule has 1 atom stereocenters. The predicted molar refractivity (Wildman–Crippen MR) is 116 cm³/mol. The first-order chi connectivity index (χ1) is 12.7. The van der Waals surface area contributed by atoms with Crippen molar-refractivity contribution < 1.29 is 14.0 Å². The zero-order valence-electron chi connectivity index (χ0n) is 16.7. The Balaban J connectivity index is 0.00000364. The van der Waals surface area contributed by atoms with Crippen molar-refractivity contribution in [3.8, 4) is 0 Å². The smallest absolute Gasteiger partial charge is 0.226 e. The molecule has 1 aliphatic rings. The lowest BCUT2D eigenvalue weighted by Crippen LogP contribution is -2.38. The molecule has 9 heteroatoms. The molecular weight excluding hydrogens is 461 g/mol. The Kier molecular flexibility index (Phi) is 12.6. The van der Waals surface area contributed by atoms with Gasteiger partial charge >= 0.3 is 0 Å². The van der Waals surface area contributed by atoms with E-state index in [-0.39, 0.29) is 24.0 Å². The van der Waals surface area contributed by atoms with Crippen LogP contribution in [0.1, 0.15) is 57.2 Å². The quantitative estimate of drug-likeness (QED) is 0.211. The van der Waals surface area contributed by atoms with E-state index in [2.05, 4.69) is 39.6 Å². The molecule has 0 aromatic carbocycles. The molecule has 0 radical (unpaired) electrons. The van der Waals surface area contributed by atoms with E-state index in [4.69, 9.17) is 14.0 Å². The molecule has 0 spiro atoms. The Morgan fingerprint density at radius 2 is 2.07 bits per heavy atom. The van der Waals surface area contributed by atoms with Crippen LogP contribution in [0.15, 0.2) is 9.52 Å². The summed E-state index contributed by atoms with van der Waals surface area (Å²) in [5.41, 5.74) is 0. The van der Waals surface area contributed by atoms with Gasteiger partial charge in [0.05, 0.1) is 12.7 Å². The van der Waals surface area contributed by atoms with Crippen molar-refractivity contribution in [2.45, 2.75) is 58.0 Å². The molecule has 1 aromatic heterocycles. The van der Waals surface area contributed by atoms with Crippen LogP contribution >= 0.6 is 24.0 Å². The number of aliphatic imine (C=N–C) groups is 1. The van der Waals surface area contributed by atoms with Crippen molar-refractivity contribution >= 4 is 29.9 Å². The number of guanidine groups is 1. The maximum Gasteiger partial charge on any atom is 0.226 e. The first kappa shape index (κ1) is 24.1. The van der Waals surface area contributed by atoms with Crippen molar-refractivity contribution in [2.75, 3.05) is 40.0 Å². The molecule has 2 rings (SSSR count). The second-order valence-corrected chi connectivity index (χ2v) is 6.79. The number of halogens is 1. The molecule has 0 aliphatic carbocycles. The normalized spacial score (nSPS) is 17.2. The fourth-order valence-corrected chi connectivity index (χ4v) is 2.64. The van der Waals surface area contributed by atoms with Gasteiger partial charge in [0.1, 0.15) is 0 Å². The Hall–Kier alpha value is -0.940. The summed E-state index contributed by atoms with van der Waals surface area (Å²) < 4.78 is 16.4. The third-order valence-corrected chi connectivity index (χ3v) is 4.17. The lowest BCUT2D eigenvalue weighted by Gasteiger charge is -2.12. The summed E-state index contributed by atoms with van der Waals surface area (Å²) in [5.74, 6) is 2.56. The summed E-state index contributed by atoms with van der Waals surface area (Å²) in [4.78, 5) is 8.60. The molecule has 1 saturated heterocycles. The molecule has 8 nitrogen and oxygen atoms in total. The van der Waals surface area contributed by atoms with E-state index in [1.165, 1.54) is 0 Å². The number of hydrogen-bond acceptors (Lipinski definition) is 6. The monoisotopic (exact) mass is 495 g/mol. The maximum atomic E-state index is 5.65. The molecule has 0 saturated carbocycles. The van der Waals surface area contributed by atoms with E-state index in [1.54, 1.807) is 7.05 Å². The van der Waals surface area contributed by atoms with Gasteiger partial charge in [0.15, 0.2) is 11.8 Å². The largest absolute Gasteiger partial charge is 0.379 e. The third kappa shape index (κ3) is 9.70. The molecule has 1 aliphatic heterocycles. The summed E-state index contributed by atoms with van der Waals surface area (Å²) >= 11 is 0. The van der Waals surface area contributed by atoms with Crippen LogP contribution in [0.25, 0.3) is 0 Å². The Labute approximate surface area is 179 Å². The maximum absolute atomic E-state index is 5.65. The van der Waals surface area contributed by atoms with Crippen molar-refractivity contribution in [2.24, 2.45) is 4.99 Å². The molecule has 27 heavy (non-hydrogen) atoms. The van der Waals surface area contributed by atoms with Crippen LogP contribution in [0, 0.1) is 0 Å². The van der Waals surface area contributed by atoms with E-state index >= 15 is 0 Å². The Morgan fingerprint density at radius 1 is 1.30 bits per heavy atom. The summed E-state index contributed by atoms with van der Waals surface area (Å²) in [5, 5.41) is 10.6. The van der Waals surface area contributed by atoms with Crippen molar-refractivity contribution in [3.05, 3.63) is 11.7 Å². The number of nitrogens with one attached hydrogen (secondary N) is 2. The number of ether oxygens (including phenoxy) is 2. The van der Waals surface area contributed by atoms with Crippen molar-refractivity contribution in [1.82, 2.24) is 20.8 Å². The van der Waals surface area contributed by atoms with E-state index in [1.807, 2.05) is 0 Å². The van der Waals surface area contributed by atoms with Gasteiger partial charge in [-0.1, -0.05) is 19.0 Å². The Bertz CT molecular complexity index is 533. The average molecular weight is 495 g/mol. The van der Waals surface area contributed by atoms with Crippen molar-refractivity contribution in [1.29, 1.82) is 0 Å². The van der Waals surface area contributed by atoms with Crippen LogP contribution in [0.5, 0.6) is 0 Å². The van der Waals surface area contributed by atoms with Crippen LogP contribution in [0.4, 0.5) is 0 Å². The second kappa shape index (κ2) is 14.1. The minimum Gasteiger partial charge on any atom is -0.379 e. The predicted octanol–water partition coefficient (Wildman–Crippen LogP) is 2.49. The molecule has 2 N–H and O–H groups in total. The number of aryl methyl sites for hydroxylation is 1. The SMILES string of the molecule is CN=C(NCCCOCC1CCCO1)NCCCc1nc(C(C)C)no1.I. The minimum absolute atomic E-state index is 0. The first-order valence-electron chi connectivity index (χ1n) is 9.65. The van der Waals surface area contributed by atoms with Gasteiger partial charge in [0.25, 0.3) is 0 Å². The van der Waals surface area contributed by atoms with Crippen LogP contribution in [-0.4, -0.2) is 62.2 Å². The summed E-state index contributed by atoms with van der Waals surface area (Å²) in [6, 6.07) is 0. The first-order valence-corrected chi connectivity index (χ1v) is 9.65. The van der Waals surface area contributed by atoms with E-state index < -0.39 is 0 Å². The molecule has 156 valence electrons. The van der Waals surface area contributed by atoms with E-state index in [9.17, 15) is 0 Å². The van der Waals surface area contributed by atoms with Gasteiger partial charge in [-0.15, -0.1) is 24.0 Å². The molecule has 0 amide bonds. The minimum atomic E-state index is 0. The van der Waals surface area contributed by atoms with Crippen LogP contribution in [0.3, 0.4) is 0 Å². The van der Waals surface area contributed by atoms with Crippen molar-refractivity contribution in [3.63, 3.8) is 0 Å². The van der Waals surface area contributed by atoms with E-state index in [0.29, 0.717) is 24.5 Å². The highest BCUT2D eigenvalue weighted by Crippen LogP contribution is 2.12. The Morgan fingerprint density at radius 3 is 2.70 bits per heavy atom. The van der Waals surface area contributed by atoms with Crippen LogP contribution in [0.2, 0.25) is 0 Å². The fourth-order valence-electron chi connectivity index (χ4n) is 2.64. The van der Waals surface area contributed by atoms with Gasteiger partial charge in [0.2, 0.25) is 5.89 Å². The highest BCUT2D eigenvalue weighted by atomic mass is 127. The molecular formula is C18H34IN5O3. The van der Waals surface area contributed by atoms with Crippen LogP contribution < -0.4 is 10.6 Å². The lowest BCUT2D eigenvalue weighted by molar-refractivity contribution is 0.0168. The van der Waals surface area contributed by atoms with Gasteiger partial charge in [-0.05, 0) is 25.7 Å². The van der Waals surface area contributed by atoms with Gasteiger partial charge in [0, 0.05) is 45.7 Å². The lowest BCUT2D eigenvalue weighted by atomic mass is 10.2. The van der Waals surface area contributed by atoms with Gasteiger partial charge < -0.3 is 24.6 Å². The number of hydrogen-bond donors (Lipinski definition) is 2. The summed E-state index contributed by atoms with van der Waals surface area (Å²) in [6.07, 6.45) is 5.19. The van der Waals surface area contributed by atoms with Crippen LogP contribution in [-0.2, 0) is 15.9 Å². The molecule has 1 fully saturated rings. The summed E-state index contributed by atoms with van der Waals surface area (Å²) in [6.45, 7) is 8.06. The highest BCUT2D eigenvalue weighted by molar-refractivity contribution is 14.0. The zero-order chi connectivity index (χ0) is 18.6. The average Bonchev–Trinajstić information content (AvgIpc) is 3.31. The highest BCUT2D eigenvalue weighted by Gasteiger charge is 2.14. The topological polar surface area (TPSA) is 93.8 Å². The molecule has 1 aromatic rings. The molecule has 1 unspecified atom stereocenters. The third-order valence-electron chi connectivity index (χ3n) is 4.17. The summed E-state index contributed by atoms with van der Waals surface area (Å²) in [7, 11) is 1.77. The zero-order valence-corrected chi connectivity index (χ0v) is 19.0. The standard InChI is InChI=1S/C18H33N5O3.HI/c1-14(2)17-22-16(26-23-17)8-4-9-20-18(19-3)21-10-6-11-24-13-15-7-5-12-25-15;/h14-15H,4-13H2,1-3H3,(H2,19,20,21);1H. The number of aromatic nitrogens is 2. The number of rotatable bonds is 11. The van der Waals surface area contributed by atoms with Gasteiger partial charge in [-0.2, -0.15) is 4.98 Å². The van der Waals surface area contributed by atoms with E-state index in [0.717, 1.165) is 70.2 Å². The fraction of sp³-hybridized carbons (Fsp3) is 0.833. The molecule has 0 bridgehead atoms. The second-order valence-electron chi connectivity index (χ2n) is 6.79. The van der Waals surface area contributed by atoms with Gasteiger partial charge in [-0.3, -0.25) is 4.99 Å².